The minimum absolute atomic E-state index is 0.188. The first-order valence-electron chi connectivity index (χ1n) is 4.23. The first-order chi connectivity index (χ1) is 5.27. The van der Waals surface area contributed by atoms with E-state index in [4.69, 9.17) is 5.73 Å². The molecule has 0 radical (unpaired) electrons. The zero-order chi connectivity index (χ0) is 7.90. The number of hydrogen-bond donors (Lipinski definition) is 1. The van der Waals surface area contributed by atoms with Gasteiger partial charge in [0.05, 0.1) is 0 Å². The topological polar surface area (TPSA) is 26.0 Å². The van der Waals surface area contributed by atoms with Crippen LogP contribution in [0.3, 0.4) is 0 Å². The summed E-state index contributed by atoms with van der Waals surface area (Å²) in [5.41, 5.74) is 5.50. The predicted molar refractivity (Wildman–Crippen MR) is 53.7 cm³/mol. The van der Waals surface area contributed by atoms with Gasteiger partial charge in [-0.3, -0.25) is 0 Å². The normalized spacial score (nSPS) is 44.9. The first-order valence-corrected chi connectivity index (χ1v) is 14.6. The van der Waals surface area contributed by atoms with E-state index in [2.05, 4.69) is 6.92 Å². The minimum atomic E-state index is -0.188. The van der Waals surface area contributed by atoms with Crippen LogP contribution in [0.5, 0.6) is 0 Å². The summed E-state index contributed by atoms with van der Waals surface area (Å²) in [6.07, 6.45) is 4.32. The van der Waals surface area contributed by atoms with E-state index in [0.29, 0.717) is 0 Å². The van der Waals surface area contributed by atoms with Crippen molar-refractivity contribution in [1.29, 1.82) is 0 Å². The Balaban J connectivity index is 1.74. The van der Waals surface area contributed by atoms with Gasteiger partial charge in [0.15, 0.2) is 0 Å². The molecule has 0 spiro atoms. The Morgan fingerprint density at radius 3 is 3.00 bits per heavy atom. The molecular formula is C8H16I2N-. The summed E-state index contributed by atoms with van der Waals surface area (Å²) >= 11 is 0.641. The molecule has 2 aliphatic rings. The predicted octanol–water partition coefficient (Wildman–Crippen LogP) is -1.01. The maximum absolute atomic E-state index is 5.50. The maximum atomic E-state index is 5.50. The molecule has 1 heterocycles. The fourth-order valence-corrected chi connectivity index (χ4v) is 23.2. The van der Waals surface area contributed by atoms with Crippen LogP contribution in [-0.2, 0) is 0 Å². The number of nitrogens with two attached hydrogens (primary N) is 1. The van der Waals surface area contributed by atoms with Crippen LogP contribution >= 0.6 is 15.8 Å². The number of rotatable bonds is 4. The van der Waals surface area contributed by atoms with Crippen molar-refractivity contribution in [3.05, 3.63) is 0 Å². The van der Waals surface area contributed by atoms with Gasteiger partial charge in [0.2, 0.25) is 0 Å². The van der Waals surface area contributed by atoms with Crippen molar-refractivity contribution in [3.8, 4) is 0 Å². The molecule has 3 heteroatoms. The van der Waals surface area contributed by atoms with E-state index in [0.717, 1.165) is 33.1 Å². The molecule has 0 bridgehead atoms. The van der Waals surface area contributed by atoms with Crippen molar-refractivity contribution in [2.24, 2.45) is 11.7 Å². The van der Waals surface area contributed by atoms with Crippen molar-refractivity contribution in [2.45, 2.75) is 29.6 Å². The van der Waals surface area contributed by atoms with Crippen LogP contribution in [0.25, 0.3) is 0 Å². The van der Waals surface area contributed by atoms with Gasteiger partial charge in [0.1, 0.15) is 0 Å². The Labute approximate surface area is 82.6 Å². The molecule has 2 rings (SSSR count). The van der Waals surface area contributed by atoms with E-state index >= 15 is 0 Å². The molecule has 1 saturated heterocycles. The van der Waals surface area contributed by atoms with Crippen LogP contribution in [0.2, 0.25) is 0 Å². The molecule has 1 aliphatic carbocycles. The van der Waals surface area contributed by atoms with Gasteiger partial charge in [0, 0.05) is 0 Å². The summed E-state index contributed by atoms with van der Waals surface area (Å²) in [5.74, 6) is 1.14. The fraction of sp³-hybridized carbons (Fsp3) is 1.00. The summed E-state index contributed by atoms with van der Waals surface area (Å²) in [7, 11) is 0. The summed E-state index contributed by atoms with van der Waals surface area (Å²) < 4.78 is 2.75. The Morgan fingerprint density at radius 1 is 1.73 bits per heavy atom. The summed E-state index contributed by atoms with van der Waals surface area (Å²) in [5, 5.41) is 0. The molecule has 0 amide bonds. The van der Waals surface area contributed by atoms with E-state index in [1.807, 2.05) is 0 Å². The molecular weight excluding hydrogens is 364 g/mol. The second kappa shape index (κ2) is 3.29. The number of alkyl halides is 3. The molecule has 2 unspecified atom stereocenters. The molecule has 1 saturated carbocycles. The second-order valence-electron chi connectivity index (χ2n) is 3.62. The SMILES string of the molecule is CC1(I2C[I-]2)CC1CCCN. The average molecular weight is 380 g/mol. The summed E-state index contributed by atoms with van der Waals surface area (Å²) in [6, 6.07) is 0. The van der Waals surface area contributed by atoms with Crippen molar-refractivity contribution in [2.75, 3.05) is 8.98 Å². The second-order valence-corrected chi connectivity index (χ2v) is 23.3. The Bertz CT molecular complexity index is 158. The van der Waals surface area contributed by atoms with Gasteiger partial charge in [-0.15, -0.1) is 0 Å². The Kier molecular flexibility index (Phi) is 2.69. The first kappa shape index (κ1) is 8.99. The molecule has 2 fully saturated rings. The summed E-state index contributed by atoms with van der Waals surface area (Å²) in [4.78, 5) is 0. The average Bonchev–Trinajstić information content (AvgIpc) is 2.77. The van der Waals surface area contributed by atoms with Crippen molar-refractivity contribution in [3.63, 3.8) is 0 Å². The molecule has 1 nitrogen and oxygen atoms in total. The molecule has 1 aliphatic heterocycles. The fourth-order valence-electron chi connectivity index (χ4n) is 1.69. The van der Waals surface area contributed by atoms with Gasteiger partial charge >= 0.3 is 83.3 Å². The zero-order valence-corrected chi connectivity index (χ0v) is 11.3. The molecule has 0 aromatic carbocycles. The van der Waals surface area contributed by atoms with E-state index in [1.165, 1.54) is 12.8 Å². The molecule has 11 heavy (non-hydrogen) atoms. The van der Waals surface area contributed by atoms with Gasteiger partial charge in [-0.25, -0.2) is 0 Å². The van der Waals surface area contributed by atoms with Crippen LogP contribution < -0.4 is 23.0 Å². The number of hydrogen-bond acceptors (Lipinski definition) is 1. The van der Waals surface area contributed by atoms with Crippen LogP contribution in [0, 0.1) is 5.92 Å². The third-order valence-electron chi connectivity index (χ3n) is 2.76. The quantitative estimate of drug-likeness (QED) is 0.491. The molecule has 2 N–H and O–H groups in total. The molecule has 0 aromatic heterocycles. The van der Waals surface area contributed by atoms with Crippen LogP contribution in [0.15, 0.2) is 0 Å². The van der Waals surface area contributed by atoms with Crippen LogP contribution in [-0.4, -0.2) is 12.4 Å². The Hall–Kier alpha value is 1.42. The third kappa shape index (κ3) is 1.85. The molecule has 68 valence electrons. The summed E-state index contributed by atoms with van der Waals surface area (Å²) in [6.45, 7) is 3.49. The Morgan fingerprint density at radius 2 is 2.45 bits per heavy atom. The van der Waals surface area contributed by atoms with Gasteiger partial charge in [0.25, 0.3) is 0 Å². The van der Waals surface area contributed by atoms with Crippen molar-refractivity contribution in [1.82, 2.24) is 0 Å². The monoisotopic (exact) mass is 380 g/mol. The molecule has 0 aromatic rings. The van der Waals surface area contributed by atoms with Gasteiger partial charge < -0.3 is 0 Å². The third-order valence-corrected chi connectivity index (χ3v) is 21.9. The van der Waals surface area contributed by atoms with E-state index in [9.17, 15) is 0 Å². The van der Waals surface area contributed by atoms with Crippen molar-refractivity contribution < 1.29 is 17.2 Å². The van der Waals surface area contributed by atoms with Gasteiger partial charge in [-0.2, -0.15) is 0 Å². The van der Waals surface area contributed by atoms with Gasteiger partial charge in [-0.1, -0.05) is 0 Å². The van der Waals surface area contributed by atoms with Crippen molar-refractivity contribution >= 4 is 15.8 Å². The van der Waals surface area contributed by atoms with Crippen LogP contribution in [0.1, 0.15) is 26.2 Å². The van der Waals surface area contributed by atoms with E-state index in [-0.39, 0.29) is 15.8 Å². The molecule has 2 atom stereocenters. The zero-order valence-electron chi connectivity index (χ0n) is 6.95. The van der Waals surface area contributed by atoms with E-state index in [1.54, 1.807) is 8.86 Å². The number of halogens is 2. The van der Waals surface area contributed by atoms with E-state index < -0.39 is 0 Å². The van der Waals surface area contributed by atoms with Gasteiger partial charge in [-0.05, 0) is 0 Å². The standard InChI is InChI=1S/C8H16I2N/c1-8(10-6-9-10)5-7(8)3-2-4-11/h7H,2-6,11H2,1H3/q-1. The van der Waals surface area contributed by atoms with Crippen LogP contribution in [0.4, 0.5) is 0 Å².